The van der Waals surface area contributed by atoms with Crippen LogP contribution in [0.25, 0.3) is 10.2 Å². The molecule has 0 saturated heterocycles. The SMILES string of the molecule is CCc1cc2c(=O)n(CC(=O)Nc3ccc(C(C)(C)C)cc3)c(C)nc2s1. The van der Waals surface area contributed by atoms with Crippen LogP contribution >= 0.6 is 11.3 Å². The molecule has 142 valence electrons. The van der Waals surface area contributed by atoms with E-state index in [4.69, 9.17) is 0 Å². The van der Waals surface area contributed by atoms with Crippen LogP contribution in [0.15, 0.2) is 35.1 Å². The average Bonchev–Trinajstić information content (AvgIpc) is 3.01. The minimum Gasteiger partial charge on any atom is -0.325 e. The first-order valence-electron chi connectivity index (χ1n) is 9.09. The molecular weight excluding hydrogens is 358 g/mol. The molecule has 0 fully saturated rings. The number of rotatable bonds is 4. The minimum absolute atomic E-state index is 0.0497. The van der Waals surface area contributed by atoms with Crippen molar-refractivity contribution < 1.29 is 4.79 Å². The highest BCUT2D eigenvalue weighted by molar-refractivity contribution is 7.18. The molecule has 0 saturated carbocycles. The number of carbonyl (C=O) groups is 1. The Labute approximate surface area is 163 Å². The lowest BCUT2D eigenvalue weighted by Gasteiger charge is -2.19. The van der Waals surface area contributed by atoms with Crippen molar-refractivity contribution >= 4 is 33.1 Å². The molecule has 0 bridgehead atoms. The molecule has 2 heterocycles. The van der Waals surface area contributed by atoms with Crippen LogP contribution in [-0.4, -0.2) is 15.5 Å². The maximum absolute atomic E-state index is 12.8. The van der Waals surface area contributed by atoms with Crippen LogP contribution in [-0.2, 0) is 23.2 Å². The van der Waals surface area contributed by atoms with Crippen molar-refractivity contribution in [3.05, 3.63) is 57.0 Å². The Bertz CT molecular complexity index is 1040. The Morgan fingerprint density at radius 1 is 1.22 bits per heavy atom. The summed E-state index contributed by atoms with van der Waals surface area (Å²) in [5.41, 5.74) is 1.82. The van der Waals surface area contributed by atoms with E-state index in [1.165, 1.54) is 21.5 Å². The van der Waals surface area contributed by atoms with Crippen molar-refractivity contribution in [2.45, 2.75) is 53.0 Å². The fraction of sp³-hybridized carbons (Fsp3) is 0.381. The van der Waals surface area contributed by atoms with Crippen molar-refractivity contribution in [2.75, 3.05) is 5.32 Å². The average molecular weight is 384 g/mol. The molecule has 3 rings (SSSR count). The Morgan fingerprint density at radius 2 is 1.89 bits per heavy atom. The van der Waals surface area contributed by atoms with Crippen LogP contribution in [0.4, 0.5) is 5.69 Å². The van der Waals surface area contributed by atoms with Crippen LogP contribution in [0.3, 0.4) is 0 Å². The van der Waals surface area contributed by atoms with Gasteiger partial charge in [0.25, 0.3) is 5.56 Å². The summed E-state index contributed by atoms with van der Waals surface area (Å²) in [7, 11) is 0. The lowest BCUT2D eigenvalue weighted by Crippen LogP contribution is -2.29. The molecule has 1 aromatic carbocycles. The predicted octanol–water partition coefficient (Wildman–Crippen LogP) is 4.27. The van der Waals surface area contributed by atoms with Crippen molar-refractivity contribution in [1.29, 1.82) is 0 Å². The van der Waals surface area contributed by atoms with Crippen LogP contribution < -0.4 is 10.9 Å². The number of benzene rings is 1. The van der Waals surface area contributed by atoms with Gasteiger partial charge in [0.15, 0.2) is 0 Å². The van der Waals surface area contributed by atoms with Gasteiger partial charge < -0.3 is 5.32 Å². The van der Waals surface area contributed by atoms with Gasteiger partial charge in [-0.1, -0.05) is 39.8 Å². The summed E-state index contributed by atoms with van der Waals surface area (Å²) in [6.45, 7) is 10.2. The fourth-order valence-electron chi connectivity index (χ4n) is 2.93. The third-order valence-electron chi connectivity index (χ3n) is 4.58. The van der Waals surface area contributed by atoms with Crippen molar-refractivity contribution in [3.63, 3.8) is 0 Å². The second-order valence-corrected chi connectivity index (χ2v) is 8.83. The number of nitrogens with zero attached hydrogens (tertiary/aromatic N) is 2. The first-order chi connectivity index (χ1) is 12.7. The standard InChI is InChI=1S/C21H25N3O2S/c1-6-16-11-17-19(27-16)22-13(2)24(20(17)26)12-18(25)23-15-9-7-14(8-10-15)21(3,4)5/h7-11H,6,12H2,1-5H3,(H,23,25). The third-order valence-corrected chi connectivity index (χ3v) is 5.75. The molecule has 0 radical (unpaired) electrons. The molecular formula is C21H25N3O2S. The second kappa shape index (κ2) is 7.27. The maximum Gasteiger partial charge on any atom is 0.262 e. The Balaban J connectivity index is 1.80. The minimum atomic E-state index is -0.240. The number of fused-ring (bicyclic) bond motifs is 1. The van der Waals surface area contributed by atoms with E-state index in [0.717, 1.165) is 21.8 Å². The van der Waals surface area contributed by atoms with Gasteiger partial charge in [0, 0.05) is 10.6 Å². The number of amides is 1. The van der Waals surface area contributed by atoms with E-state index in [0.29, 0.717) is 11.2 Å². The van der Waals surface area contributed by atoms with E-state index < -0.39 is 0 Å². The highest BCUT2D eigenvalue weighted by atomic mass is 32.1. The molecule has 0 unspecified atom stereocenters. The number of hydrogen-bond donors (Lipinski definition) is 1. The van der Waals surface area contributed by atoms with E-state index in [1.807, 2.05) is 30.3 Å². The van der Waals surface area contributed by atoms with E-state index in [2.05, 4.69) is 38.0 Å². The number of hydrogen-bond acceptors (Lipinski definition) is 4. The first-order valence-corrected chi connectivity index (χ1v) is 9.91. The van der Waals surface area contributed by atoms with Crippen LogP contribution in [0.5, 0.6) is 0 Å². The van der Waals surface area contributed by atoms with Crippen molar-refractivity contribution in [3.8, 4) is 0 Å². The molecule has 5 nitrogen and oxygen atoms in total. The quantitative estimate of drug-likeness (QED) is 0.732. The maximum atomic E-state index is 12.8. The van der Waals surface area contributed by atoms with Gasteiger partial charge in [0.05, 0.1) is 5.39 Å². The number of thiophene rings is 1. The summed E-state index contributed by atoms with van der Waals surface area (Å²) >= 11 is 1.53. The topological polar surface area (TPSA) is 64.0 Å². The van der Waals surface area contributed by atoms with Gasteiger partial charge >= 0.3 is 0 Å². The fourth-order valence-corrected chi connectivity index (χ4v) is 3.93. The van der Waals surface area contributed by atoms with E-state index in [-0.39, 0.29) is 23.4 Å². The zero-order valence-corrected chi connectivity index (χ0v) is 17.2. The smallest absolute Gasteiger partial charge is 0.262 e. The van der Waals surface area contributed by atoms with Crippen molar-refractivity contribution in [1.82, 2.24) is 9.55 Å². The number of nitrogens with one attached hydrogen (secondary N) is 1. The number of aromatic nitrogens is 2. The molecule has 0 atom stereocenters. The summed E-state index contributed by atoms with van der Waals surface area (Å²) in [5.74, 6) is 0.311. The van der Waals surface area contributed by atoms with Gasteiger partial charge in [-0.2, -0.15) is 0 Å². The van der Waals surface area contributed by atoms with Gasteiger partial charge in [0.1, 0.15) is 17.2 Å². The molecule has 2 aromatic heterocycles. The Kier molecular flexibility index (Phi) is 5.20. The van der Waals surface area contributed by atoms with Gasteiger partial charge in [-0.3, -0.25) is 14.2 Å². The van der Waals surface area contributed by atoms with E-state index in [9.17, 15) is 9.59 Å². The summed E-state index contributed by atoms with van der Waals surface area (Å²) in [5, 5.41) is 3.45. The Morgan fingerprint density at radius 3 is 2.48 bits per heavy atom. The zero-order valence-electron chi connectivity index (χ0n) is 16.4. The summed E-state index contributed by atoms with van der Waals surface area (Å²) in [4.78, 5) is 31.6. The van der Waals surface area contributed by atoms with Gasteiger partial charge in [0.2, 0.25) is 5.91 Å². The number of aryl methyl sites for hydroxylation is 2. The zero-order chi connectivity index (χ0) is 19.8. The third kappa shape index (κ3) is 4.11. The number of carbonyl (C=O) groups excluding carboxylic acids is 1. The molecule has 1 amide bonds. The van der Waals surface area contributed by atoms with E-state index >= 15 is 0 Å². The molecule has 0 aliphatic heterocycles. The van der Waals surface area contributed by atoms with Crippen molar-refractivity contribution in [2.24, 2.45) is 0 Å². The Hall–Kier alpha value is -2.47. The molecule has 6 heteroatoms. The van der Waals surface area contributed by atoms with Gasteiger partial charge in [-0.25, -0.2) is 4.98 Å². The first kappa shape index (κ1) is 19.3. The highest BCUT2D eigenvalue weighted by Gasteiger charge is 2.15. The molecule has 0 aliphatic carbocycles. The lowest BCUT2D eigenvalue weighted by atomic mass is 9.87. The highest BCUT2D eigenvalue weighted by Crippen LogP contribution is 2.24. The lowest BCUT2D eigenvalue weighted by molar-refractivity contribution is -0.116. The summed E-state index contributed by atoms with van der Waals surface area (Å²) in [6, 6.07) is 9.69. The van der Waals surface area contributed by atoms with Crippen LogP contribution in [0.1, 0.15) is 44.0 Å². The summed E-state index contributed by atoms with van der Waals surface area (Å²) < 4.78 is 1.44. The molecule has 0 spiro atoms. The van der Waals surface area contributed by atoms with Gasteiger partial charge in [-0.15, -0.1) is 11.3 Å². The molecule has 27 heavy (non-hydrogen) atoms. The summed E-state index contributed by atoms with van der Waals surface area (Å²) in [6.07, 6.45) is 0.866. The molecule has 0 aliphatic rings. The largest absolute Gasteiger partial charge is 0.325 e. The van der Waals surface area contributed by atoms with Gasteiger partial charge in [-0.05, 0) is 42.5 Å². The predicted molar refractivity (Wildman–Crippen MR) is 112 cm³/mol. The van der Waals surface area contributed by atoms with Crippen LogP contribution in [0, 0.1) is 6.92 Å². The van der Waals surface area contributed by atoms with Crippen LogP contribution in [0.2, 0.25) is 0 Å². The van der Waals surface area contributed by atoms with E-state index in [1.54, 1.807) is 6.92 Å². The molecule has 1 N–H and O–H groups in total. The molecule has 3 aromatic rings. The second-order valence-electron chi connectivity index (χ2n) is 7.71. The number of anilines is 1. The monoisotopic (exact) mass is 383 g/mol. The normalized spacial score (nSPS) is 11.7.